The van der Waals surface area contributed by atoms with E-state index in [2.05, 4.69) is 64.4 Å². The summed E-state index contributed by atoms with van der Waals surface area (Å²) >= 11 is 3.47. The average Bonchev–Trinajstić information content (AvgIpc) is 2.67. The fraction of sp³-hybridized carbons (Fsp3) is 0.583. The molecular weight excluding hydrogens is 490 g/mol. The maximum absolute atomic E-state index is 13.2. The van der Waals surface area contributed by atoms with E-state index in [1.807, 2.05) is 10.6 Å². The van der Waals surface area contributed by atoms with Gasteiger partial charge < -0.3 is 18.5 Å². The van der Waals surface area contributed by atoms with Crippen LogP contribution in [-0.4, -0.2) is 39.6 Å². The van der Waals surface area contributed by atoms with Crippen LogP contribution in [0.3, 0.4) is 0 Å². The zero-order valence-corrected chi connectivity index (χ0v) is 23.0. The third-order valence-electron chi connectivity index (χ3n) is 5.06. The second-order valence-electron chi connectivity index (χ2n) is 9.75. The lowest BCUT2D eigenvalue weighted by Gasteiger charge is -2.41. The molecule has 8 heteroatoms. The van der Waals surface area contributed by atoms with E-state index in [0.717, 1.165) is 0 Å². The van der Waals surface area contributed by atoms with Crippen molar-refractivity contribution in [3.8, 4) is 5.75 Å². The van der Waals surface area contributed by atoms with Crippen LogP contribution in [0, 0.1) is 5.92 Å². The van der Waals surface area contributed by atoms with E-state index in [1.54, 1.807) is 26.3 Å². The van der Waals surface area contributed by atoms with Crippen LogP contribution in [0.15, 0.2) is 27.6 Å². The van der Waals surface area contributed by atoms with Crippen LogP contribution in [0.4, 0.5) is 0 Å². The molecule has 0 saturated carbocycles. The number of benzene rings is 1. The topological polar surface area (TPSA) is 66.8 Å². The van der Waals surface area contributed by atoms with Gasteiger partial charge in [-0.25, -0.2) is 4.79 Å². The van der Waals surface area contributed by atoms with Gasteiger partial charge in [-0.1, -0.05) is 34.6 Å². The predicted molar refractivity (Wildman–Crippen MR) is 133 cm³/mol. The summed E-state index contributed by atoms with van der Waals surface area (Å²) in [5.41, 5.74) is -0.252. The first kappa shape index (κ1) is 26.6. The second-order valence-corrected chi connectivity index (χ2v) is 12.5. The summed E-state index contributed by atoms with van der Waals surface area (Å²) in [6.45, 7) is 16.7. The molecule has 0 bridgehead atoms. The summed E-state index contributed by atoms with van der Waals surface area (Å²) < 4.78 is 19.8. The first-order chi connectivity index (χ1) is 14.7. The summed E-state index contributed by atoms with van der Waals surface area (Å²) in [4.78, 5) is 25.9. The third-order valence-corrected chi connectivity index (χ3v) is 6.93. The van der Waals surface area contributed by atoms with Gasteiger partial charge in [0.1, 0.15) is 11.3 Å². The average molecular weight is 525 g/mol. The molecule has 176 valence electrons. The number of fused-ring (bicyclic) bond motifs is 1. The molecule has 32 heavy (non-hydrogen) atoms. The van der Waals surface area contributed by atoms with Crippen molar-refractivity contribution < 1.29 is 18.7 Å². The summed E-state index contributed by atoms with van der Waals surface area (Å²) in [6.07, 6.45) is 1.62. The number of nitrogens with zero attached hydrogens (tertiary/aromatic N) is 1. The quantitative estimate of drug-likeness (QED) is 0.324. The minimum absolute atomic E-state index is 0.0103. The highest BCUT2D eigenvalue weighted by atomic mass is 79.9. The molecular formula is C24H34BrNO5Si. The largest absolute Gasteiger partial charge is 0.495 e. The molecule has 1 atom stereocenters. The van der Waals surface area contributed by atoms with E-state index in [9.17, 15) is 9.59 Å². The number of rotatable bonds is 8. The molecule has 0 aliphatic heterocycles. The molecule has 0 N–H and O–H groups in total. The van der Waals surface area contributed by atoms with E-state index < -0.39 is 11.6 Å². The minimum Gasteiger partial charge on any atom is -0.495 e. The summed E-state index contributed by atoms with van der Waals surface area (Å²) in [5.74, 6) is 0.121. The van der Waals surface area contributed by atoms with Gasteiger partial charge in [0, 0.05) is 17.6 Å². The third kappa shape index (κ3) is 5.83. The van der Waals surface area contributed by atoms with E-state index in [0.29, 0.717) is 21.1 Å². The van der Waals surface area contributed by atoms with Gasteiger partial charge in [-0.2, -0.15) is 0 Å². The molecule has 0 amide bonds. The summed E-state index contributed by atoms with van der Waals surface area (Å²) in [5, 5.41) is 0.442. The fourth-order valence-electron chi connectivity index (χ4n) is 3.90. The lowest BCUT2D eigenvalue weighted by atomic mass is 9.88. The Hall–Kier alpha value is -1.64. The molecule has 0 saturated heterocycles. The van der Waals surface area contributed by atoms with Crippen LogP contribution in [0.5, 0.6) is 5.75 Å². The molecule has 2 radical (unpaired) electrons. The number of hydrogen-bond donors (Lipinski definition) is 0. The molecule has 0 unspecified atom stereocenters. The van der Waals surface area contributed by atoms with Gasteiger partial charge >= 0.3 is 5.97 Å². The number of methoxy groups -OCH3 is 1. The van der Waals surface area contributed by atoms with Crippen LogP contribution in [-0.2, 0) is 9.16 Å². The molecule has 1 aromatic heterocycles. The van der Waals surface area contributed by atoms with Crippen molar-refractivity contribution in [2.45, 2.75) is 72.1 Å². The van der Waals surface area contributed by atoms with Crippen molar-refractivity contribution in [1.82, 2.24) is 4.57 Å². The standard InChI is InChI=1S/C24H34BrNO5Si/c1-10-30-22(28)16-13-26(18-12-19(29-9)17(25)11-15(18)20(16)27)21(14(2)3)24(7,8)31-32-23(4,5)6/h11-14,21H,10H2,1-9H3/t21-/m0/s1. The SMILES string of the molecule is CCOC(=O)c1cn([C@@H](C(C)C)C(C)(C)O[Si]C(C)(C)C)c2cc(OC)c(Br)cc2c1=O. The first-order valence-corrected chi connectivity index (χ1v) is 12.5. The zero-order valence-electron chi connectivity index (χ0n) is 20.5. The van der Waals surface area contributed by atoms with E-state index in [1.165, 1.54) is 0 Å². The fourth-order valence-corrected chi connectivity index (χ4v) is 5.09. The minimum atomic E-state index is -0.627. The molecule has 2 rings (SSSR count). The Bertz CT molecular complexity index is 1040. The Morgan fingerprint density at radius 2 is 1.81 bits per heavy atom. The van der Waals surface area contributed by atoms with Crippen LogP contribution < -0.4 is 10.2 Å². The van der Waals surface area contributed by atoms with Crippen molar-refractivity contribution >= 4 is 42.6 Å². The smallest absolute Gasteiger partial charge is 0.343 e. The van der Waals surface area contributed by atoms with Gasteiger partial charge in [0.2, 0.25) is 15.2 Å². The second kappa shape index (κ2) is 10.1. The molecule has 2 aromatic rings. The molecule has 0 aliphatic carbocycles. The van der Waals surface area contributed by atoms with Gasteiger partial charge in [-0.05, 0) is 53.7 Å². The molecule has 0 aliphatic rings. The molecule has 1 heterocycles. The lowest BCUT2D eigenvalue weighted by Crippen LogP contribution is -2.42. The van der Waals surface area contributed by atoms with Gasteiger partial charge in [-0.3, -0.25) is 4.79 Å². The Morgan fingerprint density at radius 1 is 1.19 bits per heavy atom. The number of pyridine rings is 1. The van der Waals surface area contributed by atoms with E-state index in [4.69, 9.17) is 13.9 Å². The van der Waals surface area contributed by atoms with Crippen molar-refractivity contribution in [3.63, 3.8) is 0 Å². The monoisotopic (exact) mass is 523 g/mol. The number of hydrogen-bond acceptors (Lipinski definition) is 5. The zero-order chi connectivity index (χ0) is 24.4. The number of carbonyl (C=O) groups is 1. The van der Waals surface area contributed by atoms with Crippen molar-refractivity contribution in [1.29, 1.82) is 0 Å². The van der Waals surface area contributed by atoms with Crippen molar-refractivity contribution in [2.24, 2.45) is 5.92 Å². The van der Waals surface area contributed by atoms with Gasteiger partial charge in [0.05, 0.1) is 35.3 Å². The van der Waals surface area contributed by atoms with Crippen LogP contribution >= 0.6 is 15.9 Å². The van der Waals surface area contributed by atoms with Gasteiger partial charge in [0.25, 0.3) is 0 Å². The van der Waals surface area contributed by atoms with Gasteiger partial charge in [-0.15, -0.1) is 0 Å². The Labute approximate surface area is 201 Å². The normalized spacial score (nSPS) is 13.5. The Balaban J connectivity index is 2.86. The first-order valence-electron chi connectivity index (χ1n) is 10.8. The van der Waals surface area contributed by atoms with Gasteiger partial charge in [0.15, 0.2) is 0 Å². The van der Waals surface area contributed by atoms with Crippen molar-refractivity contribution in [3.05, 3.63) is 38.6 Å². The van der Waals surface area contributed by atoms with E-state index in [-0.39, 0.29) is 44.4 Å². The predicted octanol–water partition coefficient (Wildman–Crippen LogP) is 5.78. The molecule has 0 fully saturated rings. The summed E-state index contributed by atoms with van der Waals surface area (Å²) in [6, 6.07) is 3.37. The van der Waals surface area contributed by atoms with Crippen LogP contribution in [0.25, 0.3) is 10.9 Å². The molecule has 0 spiro atoms. The van der Waals surface area contributed by atoms with Crippen molar-refractivity contribution in [2.75, 3.05) is 13.7 Å². The maximum Gasteiger partial charge on any atom is 0.343 e. The van der Waals surface area contributed by atoms with E-state index >= 15 is 0 Å². The highest BCUT2D eigenvalue weighted by Crippen LogP contribution is 2.38. The lowest BCUT2D eigenvalue weighted by molar-refractivity contribution is 0.0287. The summed E-state index contributed by atoms with van der Waals surface area (Å²) in [7, 11) is 1.87. The van der Waals surface area contributed by atoms with Crippen LogP contribution in [0.1, 0.15) is 71.8 Å². The number of aromatic nitrogens is 1. The Kier molecular flexibility index (Phi) is 8.39. The van der Waals surface area contributed by atoms with Crippen LogP contribution in [0.2, 0.25) is 5.04 Å². The highest BCUT2D eigenvalue weighted by molar-refractivity contribution is 9.10. The highest BCUT2D eigenvalue weighted by Gasteiger charge is 2.37. The molecule has 1 aromatic carbocycles. The number of ether oxygens (including phenoxy) is 2. The Morgan fingerprint density at radius 3 is 2.31 bits per heavy atom. The maximum atomic E-state index is 13.2. The number of carbonyl (C=O) groups excluding carboxylic acids is 1. The number of halogens is 1. The number of esters is 1. The molecule has 6 nitrogen and oxygen atoms in total.